The number of fused-ring (bicyclic) bond motifs is 5. The summed E-state index contributed by atoms with van der Waals surface area (Å²) in [6.07, 6.45) is 16.7. The van der Waals surface area contributed by atoms with Gasteiger partial charge in [0, 0.05) is 0 Å². The lowest BCUT2D eigenvalue weighted by molar-refractivity contribution is -0.115. The van der Waals surface area contributed by atoms with Crippen molar-refractivity contribution in [2.24, 2.45) is 63.7 Å². The van der Waals surface area contributed by atoms with Gasteiger partial charge in [0.05, 0.1) is 5.66 Å². The second kappa shape index (κ2) is 7.80. The molecule has 168 valence electrons. The second-order valence-corrected chi connectivity index (χ2v) is 13.0. The molecule has 4 rings (SSSR count). The first kappa shape index (κ1) is 22.1. The van der Waals surface area contributed by atoms with E-state index in [4.69, 9.17) is 11.5 Å². The lowest BCUT2D eigenvalue weighted by Crippen LogP contribution is -2.57. The number of hydrogen-bond acceptors (Lipinski definition) is 2. The Bertz CT molecular complexity index is 583. The molecule has 0 aromatic heterocycles. The third-order valence-corrected chi connectivity index (χ3v) is 10.9. The van der Waals surface area contributed by atoms with Crippen molar-refractivity contribution in [3.05, 3.63) is 0 Å². The van der Waals surface area contributed by atoms with Crippen LogP contribution < -0.4 is 11.5 Å². The average molecular weight is 403 g/mol. The molecule has 4 N–H and O–H groups in total. The molecular weight excluding hydrogens is 352 g/mol. The predicted molar refractivity (Wildman–Crippen MR) is 124 cm³/mol. The van der Waals surface area contributed by atoms with Gasteiger partial charge in [-0.2, -0.15) is 0 Å². The summed E-state index contributed by atoms with van der Waals surface area (Å²) in [6, 6.07) is 0. The quantitative estimate of drug-likeness (QED) is 0.501. The van der Waals surface area contributed by atoms with Gasteiger partial charge in [-0.15, -0.1) is 0 Å². The Morgan fingerprint density at radius 1 is 0.828 bits per heavy atom. The van der Waals surface area contributed by atoms with Crippen LogP contribution in [0.2, 0.25) is 0 Å². The van der Waals surface area contributed by atoms with Gasteiger partial charge in [0.1, 0.15) is 0 Å². The monoisotopic (exact) mass is 402 g/mol. The largest absolute Gasteiger partial charge is 0.313 e. The summed E-state index contributed by atoms with van der Waals surface area (Å²) in [5.41, 5.74) is 14.4. The summed E-state index contributed by atoms with van der Waals surface area (Å²) in [6.45, 7) is 12.4. The van der Waals surface area contributed by atoms with Crippen LogP contribution in [0.15, 0.2) is 0 Å². The predicted octanol–water partition coefficient (Wildman–Crippen LogP) is 6.72. The van der Waals surface area contributed by atoms with Crippen LogP contribution in [0.3, 0.4) is 0 Å². The summed E-state index contributed by atoms with van der Waals surface area (Å²) in [5, 5.41) is 0. The zero-order chi connectivity index (χ0) is 21.0. The van der Waals surface area contributed by atoms with E-state index in [9.17, 15) is 0 Å². The molecule has 0 spiro atoms. The third kappa shape index (κ3) is 3.63. The molecule has 4 fully saturated rings. The first-order valence-corrected chi connectivity index (χ1v) is 13.2. The van der Waals surface area contributed by atoms with Crippen LogP contribution in [-0.2, 0) is 0 Å². The number of rotatable bonds is 5. The van der Waals surface area contributed by atoms with Crippen LogP contribution >= 0.6 is 0 Å². The SMILES string of the molecule is CC(C)CCC[C@@H](C)[C@H]1C(N)(N)C[C@H]2[C@@H]3CCC4CCCC[C@]4(C)[C@H]3CC[C@@]21C. The molecule has 0 saturated heterocycles. The van der Waals surface area contributed by atoms with Gasteiger partial charge in [-0.05, 0) is 97.2 Å². The maximum absolute atomic E-state index is 6.96. The van der Waals surface area contributed by atoms with Crippen LogP contribution in [0.4, 0.5) is 0 Å². The van der Waals surface area contributed by atoms with Gasteiger partial charge in [-0.25, -0.2) is 0 Å². The standard InChI is InChI=1S/C27H50N2/c1-18(2)9-8-10-19(3)24-26(5)16-14-22-21(23(26)17-27(24,28)29)13-12-20-11-6-7-15-25(20,22)4/h18-24H,6-17,28-29H2,1-5H3/t19-,20?,21-,22+,23+,24-,25+,26+/m1/s1. The summed E-state index contributed by atoms with van der Waals surface area (Å²) in [7, 11) is 0. The van der Waals surface area contributed by atoms with Crippen LogP contribution in [0, 0.1) is 52.3 Å². The normalized spacial score (nSPS) is 47.4. The highest BCUT2D eigenvalue weighted by molar-refractivity contribution is 5.15. The highest BCUT2D eigenvalue weighted by Crippen LogP contribution is 2.69. The Morgan fingerprint density at radius 3 is 2.31 bits per heavy atom. The van der Waals surface area contributed by atoms with Crippen molar-refractivity contribution < 1.29 is 0 Å². The Labute approximate surface area is 181 Å². The minimum absolute atomic E-state index is 0.361. The van der Waals surface area contributed by atoms with Crippen molar-refractivity contribution in [2.75, 3.05) is 0 Å². The van der Waals surface area contributed by atoms with E-state index in [1.54, 1.807) is 0 Å². The maximum atomic E-state index is 6.96. The fourth-order valence-electron chi connectivity index (χ4n) is 9.73. The molecule has 0 heterocycles. The molecule has 2 nitrogen and oxygen atoms in total. The molecule has 29 heavy (non-hydrogen) atoms. The van der Waals surface area contributed by atoms with Gasteiger partial charge in [-0.3, -0.25) is 0 Å². The van der Waals surface area contributed by atoms with Gasteiger partial charge in [0.2, 0.25) is 0 Å². The molecule has 8 atom stereocenters. The van der Waals surface area contributed by atoms with E-state index < -0.39 is 5.66 Å². The first-order chi connectivity index (χ1) is 13.6. The lowest BCUT2D eigenvalue weighted by Gasteiger charge is -2.60. The molecule has 0 amide bonds. The van der Waals surface area contributed by atoms with Gasteiger partial charge in [-0.1, -0.05) is 66.7 Å². The molecule has 2 heteroatoms. The molecule has 0 bridgehead atoms. The molecule has 4 aliphatic rings. The molecule has 0 aliphatic heterocycles. The van der Waals surface area contributed by atoms with E-state index in [1.165, 1.54) is 70.6 Å². The first-order valence-electron chi connectivity index (χ1n) is 13.2. The van der Waals surface area contributed by atoms with Crippen molar-refractivity contribution in [1.82, 2.24) is 0 Å². The van der Waals surface area contributed by atoms with Crippen molar-refractivity contribution in [3.63, 3.8) is 0 Å². The zero-order valence-electron chi connectivity index (χ0n) is 20.2. The van der Waals surface area contributed by atoms with Crippen molar-refractivity contribution >= 4 is 0 Å². The molecule has 0 aromatic carbocycles. The minimum Gasteiger partial charge on any atom is -0.313 e. The van der Waals surface area contributed by atoms with E-state index in [0.29, 0.717) is 22.7 Å². The Kier molecular flexibility index (Phi) is 5.95. The third-order valence-electron chi connectivity index (χ3n) is 10.9. The number of nitrogens with two attached hydrogens (primary N) is 2. The fraction of sp³-hybridized carbons (Fsp3) is 1.00. The van der Waals surface area contributed by atoms with E-state index in [2.05, 4.69) is 34.6 Å². The van der Waals surface area contributed by atoms with E-state index in [-0.39, 0.29) is 0 Å². The van der Waals surface area contributed by atoms with Gasteiger partial charge in [0.25, 0.3) is 0 Å². The van der Waals surface area contributed by atoms with Gasteiger partial charge in [0.15, 0.2) is 0 Å². The highest BCUT2D eigenvalue weighted by Gasteiger charge is 2.65. The topological polar surface area (TPSA) is 52.0 Å². The van der Waals surface area contributed by atoms with E-state index >= 15 is 0 Å². The molecular formula is C27H50N2. The second-order valence-electron chi connectivity index (χ2n) is 13.0. The van der Waals surface area contributed by atoms with Gasteiger partial charge >= 0.3 is 0 Å². The highest BCUT2D eigenvalue weighted by atomic mass is 15.0. The molecule has 0 radical (unpaired) electrons. The van der Waals surface area contributed by atoms with Crippen LogP contribution in [0.5, 0.6) is 0 Å². The van der Waals surface area contributed by atoms with Crippen molar-refractivity contribution in [1.29, 1.82) is 0 Å². The number of hydrogen-bond donors (Lipinski definition) is 2. The average Bonchev–Trinajstić information content (AvgIpc) is 2.85. The maximum Gasteiger partial charge on any atom is 0.0676 e. The van der Waals surface area contributed by atoms with Crippen LogP contribution in [-0.4, -0.2) is 5.66 Å². The van der Waals surface area contributed by atoms with Crippen molar-refractivity contribution in [2.45, 2.75) is 117 Å². The molecule has 4 saturated carbocycles. The van der Waals surface area contributed by atoms with Gasteiger partial charge < -0.3 is 11.5 Å². The molecule has 1 unspecified atom stereocenters. The van der Waals surface area contributed by atoms with E-state index in [1.807, 2.05) is 0 Å². The van der Waals surface area contributed by atoms with Crippen molar-refractivity contribution in [3.8, 4) is 0 Å². The Morgan fingerprint density at radius 2 is 1.59 bits per heavy atom. The minimum atomic E-state index is -0.462. The molecule has 4 aliphatic carbocycles. The van der Waals surface area contributed by atoms with Crippen LogP contribution in [0.1, 0.15) is 112 Å². The Balaban J connectivity index is 1.55. The fourth-order valence-corrected chi connectivity index (χ4v) is 9.73. The molecule has 0 aromatic rings. The Hall–Kier alpha value is -0.0800. The van der Waals surface area contributed by atoms with Crippen LogP contribution in [0.25, 0.3) is 0 Å². The lowest BCUT2D eigenvalue weighted by atomic mass is 9.44. The summed E-state index contributed by atoms with van der Waals surface area (Å²) in [5.74, 6) is 5.51. The van der Waals surface area contributed by atoms with E-state index in [0.717, 1.165) is 36.0 Å². The summed E-state index contributed by atoms with van der Waals surface area (Å²) >= 11 is 0. The zero-order valence-corrected chi connectivity index (χ0v) is 20.2. The summed E-state index contributed by atoms with van der Waals surface area (Å²) < 4.78 is 0. The summed E-state index contributed by atoms with van der Waals surface area (Å²) in [4.78, 5) is 0. The smallest absolute Gasteiger partial charge is 0.0676 e.